The van der Waals surface area contributed by atoms with Crippen LogP contribution in [0.1, 0.15) is 37.8 Å². The fraction of sp³-hybridized carbons (Fsp3) is 0.556. The van der Waals surface area contributed by atoms with Crippen LogP contribution in [0.15, 0.2) is 24.3 Å². The second-order valence-electron chi connectivity index (χ2n) is 6.70. The second kappa shape index (κ2) is 10.9. The molecule has 0 aliphatic rings. The summed E-state index contributed by atoms with van der Waals surface area (Å²) in [5.74, 6) is -1.41. The Labute approximate surface area is 167 Å². The molecular formula is C18H27N2NaO3. The molecule has 128 valence electrons. The molecule has 1 aromatic rings. The average molecular weight is 342 g/mol. The summed E-state index contributed by atoms with van der Waals surface area (Å²) in [6.07, 6.45) is 0.996. The Hall–Kier alpha value is -0.880. The molecular weight excluding hydrogens is 315 g/mol. The van der Waals surface area contributed by atoms with E-state index in [9.17, 15) is 14.7 Å². The predicted octanol–water partition coefficient (Wildman–Crippen LogP) is -2.21. The molecule has 0 spiro atoms. The number of nitrogens with zero attached hydrogens (tertiary/aromatic N) is 1. The summed E-state index contributed by atoms with van der Waals surface area (Å²) in [5, 5.41) is 13.7. The zero-order valence-electron chi connectivity index (χ0n) is 15.6. The Morgan fingerprint density at radius 2 is 1.67 bits per heavy atom. The van der Waals surface area contributed by atoms with Crippen LogP contribution in [0.2, 0.25) is 0 Å². The van der Waals surface area contributed by atoms with E-state index < -0.39 is 17.9 Å². The van der Waals surface area contributed by atoms with Gasteiger partial charge in [0.25, 0.3) is 0 Å². The van der Waals surface area contributed by atoms with Crippen LogP contribution in [0.5, 0.6) is 0 Å². The van der Waals surface area contributed by atoms with Crippen molar-refractivity contribution in [3.05, 3.63) is 35.4 Å². The number of hydrogen-bond acceptors (Lipinski definition) is 4. The number of carboxylic acid groups (broad SMARTS) is 1. The van der Waals surface area contributed by atoms with Gasteiger partial charge in [-0.3, -0.25) is 4.79 Å². The number of nitrogens with one attached hydrogen (secondary N) is 1. The van der Waals surface area contributed by atoms with Gasteiger partial charge in [0, 0.05) is 6.54 Å². The van der Waals surface area contributed by atoms with E-state index in [-0.39, 0.29) is 42.0 Å². The number of carbonyl (C=O) groups is 2. The molecule has 0 saturated heterocycles. The minimum absolute atomic E-state index is 0. The van der Waals surface area contributed by atoms with Crippen molar-refractivity contribution in [1.82, 2.24) is 10.2 Å². The zero-order valence-corrected chi connectivity index (χ0v) is 17.6. The van der Waals surface area contributed by atoms with Crippen LogP contribution in [0.25, 0.3) is 0 Å². The molecule has 6 heteroatoms. The number of aliphatic carboxylic acids is 1. The summed E-state index contributed by atoms with van der Waals surface area (Å²) in [7, 11) is 3.50. The molecule has 5 nitrogen and oxygen atoms in total. The summed E-state index contributed by atoms with van der Waals surface area (Å²) in [4.78, 5) is 25.1. The van der Waals surface area contributed by atoms with Gasteiger partial charge in [0.1, 0.15) is 0 Å². The Morgan fingerprint density at radius 3 is 2.08 bits per heavy atom. The topological polar surface area (TPSA) is 72.5 Å². The van der Waals surface area contributed by atoms with Crippen LogP contribution in [0.3, 0.4) is 0 Å². The second-order valence-corrected chi connectivity index (χ2v) is 6.70. The maximum Gasteiger partial charge on any atom is 1.00 e. The minimum Gasteiger partial charge on any atom is -0.548 e. The Bertz CT molecular complexity index is 530. The Morgan fingerprint density at radius 1 is 1.12 bits per heavy atom. The average Bonchev–Trinajstić information content (AvgIpc) is 2.45. The van der Waals surface area contributed by atoms with Crippen molar-refractivity contribution in [2.45, 2.75) is 39.2 Å². The van der Waals surface area contributed by atoms with E-state index in [0.717, 1.165) is 12.0 Å². The number of amides is 1. The van der Waals surface area contributed by atoms with Gasteiger partial charge < -0.3 is 20.1 Å². The van der Waals surface area contributed by atoms with Gasteiger partial charge in [-0.15, -0.1) is 0 Å². The van der Waals surface area contributed by atoms with Crippen molar-refractivity contribution in [3.8, 4) is 0 Å². The Kier molecular flexibility index (Phi) is 10.5. The standard InChI is InChI=1S/C18H28N2O3.Na/c1-12(2)10-14-6-8-15(9-7-14)13(3)17(21)19-16(18(22)23)11-20(4)5;/h6-9,12-13,16H,10-11H2,1-5H3,(H,19,21)(H,22,23);/q;+1/p-1. The molecule has 1 amide bonds. The van der Waals surface area contributed by atoms with E-state index in [1.807, 2.05) is 24.3 Å². The van der Waals surface area contributed by atoms with Gasteiger partial charge in [-0.2, -0.15) is 0 Å². The van der Waals surface area contributed by atoms with E-state index in [1.54, 1.807) is 25.9 Å². The molecule has 0 aliphatic carbocycles. The van der Waals surface area contributed by atoms with Gasteiger partial charge in [0.05, 0.1) is 17.9 Å². The first-order chi connectivity index (χ1) is 10.7. The monoisotopic (exact) mass is 342 g/mol. The van der Waals surface area contributed by atoms with E-state index >= 15 is 0 Å². The molecule has 1 N–H and O–H groups in total. The third-order valence-electron chi connectivity index (χ3n) is 3.67. The molecule has 0 saturated carbocycles. The number of carbonyl (C=O) groups excluding carboxylic acids is 2. The molecule has 0 aromatic heterocycles. The molecule has 1 aromatic carbocycles. The van der Waals surface area contributed by atoms with Crippen LogP contribution in [-0.2, 0) is 16.0 Å². The van der Waals surface area contributed by atoms with Crippen molar-refractivity contribution >= 4 is 11.9 Å². The fourth-order valence-corrected chi connectivity index (χ4v) is 2.41. The van der Waals surface area contributed by atoms with Crippen LogP contribution < -0.4 is 40.0 Å². The summed E-state index contributed by atoms with van der Waals surface area (Å²) >= 11 is 0. The third kappa shape index (κ3) is 7.79. The third-order valence-corrected chi connectivity index (χ3v) is 3.67. The number of benzene rings is 1. The fourth-order valence-electron chi connectivity index (χ4n) is 2.41. The van der Waals surface area contributed by atoms with Crippen molar-refractivity contribution in [2.75, 3.05) is 20.6 Å². The molecule has 0 radical (unpaired) electrons. The predicted molar refractivity (Wildman–Crippen MR) is 88.9 cm³/mol. The molecule has 2 unspecified atom stereocenters. The van der Waals surface area contributed by atoms with Gasteiger partial charge >= 0.3 is 29.6 Å². The quantitative estimate of drug-likeness (QED) is 0.544. The molecule has 0 fully saturated rings. The van der Waals surface area contributed by atoms with Crippen LogP contribution in [0, 0.1) is 5.92 Å². The smallest absolute Gasteiger partial charge is 0.548 e. The molecule has 2 atom stereocenters. The Balaban J connectivity index is 0.00000529. The van der Waals surface area contributed by atoms with Crippen LogP contribution in [-0.4, -0.2) is 43.5 Å². The maximum absolute atomic E-state index is 12.3. The van der Waals surface area contributed by atoms with Crippen LogP contribution >= 0.6 is 0 Å². The van der Waals surface area contributed by atoms with Gasteiger partial charge in [0.2, 0.25) is 5.91 Å². The molecule has 0 aliphatic heterocycles. The molecule has 0 heterocycles. The van der Waals surface area contributed by atoms with Crippen molar-refractivity contribution < 1.29 is 44.3 Å². The van der Waals surface area contributed by atoms with Crippen molar-refractivity contribution in [2.24, 2.45) is 5.92 Å². The van der Waals surface area contributed by atoms with Gasteiger partial charge in [-0.25, -0.2) is 0 Å². The normalized spacial score (nSPS) is 13.3. The first-order valence-electron chi connectivity index (χ1n) is 7.95. The first kappa shape index (κ1) is 23.1. The number of hydrogen-bond donors (Lipinski definition) is 1. The molecule has 1 rings (SSSR count). The van der Waals surface area contributed by atoms with Crippen molar-refractivity contribution in [3.63, 3.8) is 0 Å². The summed E-state index contributed by atoms with van der Waals surface area (Å²) in [5.41, 5.74) is 2.11. The SMILES string of the molecule is CC(C)Cc1ccc(C(C)C(=O)NC(CN(C)C)C(=O)[O-])cc1.[Na+]. The number of rotatable bonds is 8. The number of carboxylic acids is 1. The van der Waals surface area contributed by atoms with Crippen LogP contribution in [0.4, 0.5) is 0 Å². The van der Waals surface area contributed by atoms with Gasteiger partial charge in [-0.05, 0) is 44.5 Å². The summed E-state index contributed by atoms with van der Waals surface area (Å²) in [6, 6.07) is 6.90. The zero-order chi connectivity index (χ0) is 17.6. The maximum atomic E-state index is 12.3. The van der Waals surface area contributed by atoms with Gasteiger partial charge in [0.15, 0.2) is 0 Å². The van der Waals surface area contributed by atoms with E-state index in [0.29, 0.717) is 5.92 Å². The minimum atomic E-state index is -1.27. The summed E-state index contributed by atoms with van der Waals surface area (Å²) < 4.78 is 0. The summed E-state index contributed by atoms with van der Waals surface area (Å²) in [6.45, 7) is 6.30. The molecule has 24 heavy (non-hydrogen) atoms. The largest absolute Gasteiger partial charge is 1.00 e. The molecule has 0 bridgehead atoms. The van der Waals surface area contributed by atoms with E-state index in [4.69, 9.17) is 0 Å². The number of likely N-dealkylation sites (N-methyl/N-ethyl adjacent to an activating group) is 1. The van der Waals surface area contributed by atoms with E-state index in [1.165, 1.54) is 5.56 Å². The first-order valence-corrected chi connectivity index (χ1v) is 7.95. The van der Waals surface area contributed by atoms with E-state index in [2.05, 4.69) is 19.2 Å². The van der Waals surface area contributed by atoms with Crippen molar-refractivity contribution in [1.29, 1.82) is 0 Å². The van der Waals surface area contributed by atoms with Gasteiger partial charge in [-0.1, -0.05) is 38.1 Å².